The van der Waals surface area contributed by atoms with E-state index in [0.29, 0.717) is 6.54 Å². The van der Waals surface area contributed by atoms with E-state index in [4.69, 9.17) is 4.74 Å². The molecule has 25 heavy (non-hydrogen) atoms. The van der Waals surface area contributed by atoms with Crippen LogP contribution in [0.25, 0.3) is 0 Å². The van der Waals surface area contributed by atoms with Crippen molar-refractivity contribution in [3.63, 3.8) is 0 Å². The van der Waals surface area contributed by atoms with Crippen molar-refractivity contribution in [3.05, 3.63) is 29.8 Å². The van der Waals surface area contributed by atoms with E-state index < -0.39 is 0 Å². The van der Waals surface area contributed by atoms with Gasteiger partial charge in [0.15, 0.2) is 5.96 Å². The summed E-state index contributed by atoms with van der Waals surface area (Å²) < 4.78 is 5.40. The van der Waals surface area contributed by atoms with E-state index in [2.05, 4.69) is 10.3 Å². The van der Waals surface area contributed by atoms with E-state index in [1.54, 1.807) is 7.11 Å². The summed E-state index contributed by atoms with van der Waals surface area (Å²) in [5, 5.41) is 3.25. The number of carbonyl (C=O) groups is 1. The van der Waals surface area contributed by atoms with Gasteiger partial charge in [0.2, 0.25) is 5.91 Å². The minimum absolute atomic E-state index is 0. The average molecular weight is 460 g/mol. The molecule has 1 aliphatic rings. The van der Waals surface area contributed by atoms with Crippen molar-refractivity contribution < 1.29 is 9.53 Å². The maximum Gasteiger partial charge on any atom is 0.244 e. The molecule has 0 radical (unpaired) electrons. The van der Waals surface area contributed by atoms with E-state index >= 15 is 0 Å². The molecule has 1 fully saturated rings. The summed E-state index contributed by atoms with van der Waals surface area (Å²) in [4.78, 5) is 20.6. The van der Waals surface area contributed by atoms with Crippen molar-refractivity contribution in [2.24, 2.45) is 4.99 Å². The van der Waals surface area contributed by atoms with Crippen LogP contribution < -0.4 is 10.1 Å². The minimum atomic E-state index is 0. The SMILES string of the molecule is CCNC(=NCC(=O)N1CCCC1)N(C)Cc1ccccc1OC.I. The molecule has 0 atom stereocenters. The molecular weight excluding hydrogens is 431 g/mol. The zero-order valence-electron chi connectivity index (χ0n) is 15.3. The Kier molecular flexibility index (Phi) is 9.62. The highest BCUT2D eigenvalue weighted by molar-refractivity contribution is 14.0. The van der Waals surface area contributed by atoms with E-state index in [1.165, 1.54) is 0 Å². The third-order valence-electron chi connectivity index (χ3n) is 4.12. The summed E-state index contributed by atoms with van der Waals surface area (Å²) in [6.07, 6.45) is 2.20. The first-order valence-corrected chi connectivity index (χ1v) is 8.54. The van der Waals surface area contributed by atoms with Crippen LogP contribution in [-0.2, 0) is 11.3 Å². The van der Waals surface area contributed by atoms with Crippen LogP contribution in [0, 0.1) is 0 Å². The van der Waals surface area contributed by atoms with E-state index in [0.717, 1.165) is 49.7 Å². The fourth-order valence-corrected chi connectivity index (χ4v) is 2.84. The van der Waals surface area contributed by atoms with Gasteiger partial charge in [-0.25, -0.2) is 4.99 Å². The number of ether oxygens (including phenoxy) is 1. The number of aliphatic imine (C=N–C) groups is 1. The molecule has 1 heterocycles. The number of carbonyl (C=O) groups excluding carboxylic acids is 1. The quantitative estimate of drug-likeness (QED) is 0.403. The Bertz CT molecular complexity index is 574. The number of nitrogens with one attached hydrogen (secondary N) is 1. The molecule has 0 aromatic heterocycles. The van der Waals surface area contributed by atoms with Gasteiger partial charge in [-0.3, -0.25) is 4.79 Å². The molecule has 1 aromatic carbocycles. The lowest BCUT2D eigenvalue weighted by Gasteiger charge is -2.23. The van der Waals surface area contributed by atoms with Crippen molar-refractivity contribution in [1.29, 1.82) is 0 Å². The molecule has 6 nitrogen and oxygen atoms in total. The lowest BCUT2D eigenvalue weighted by atomic mass is 10.2. The first-order valence-electron chi connectivity index (χ1n) is 8.54. The van der Waals surface area contributed by atoms with Gasteiger partial charge >= 0.3 is 0 Å². The highest BCUT2D eigenvalue weighted by Gasteiger charge is 2.18. The predicted octanol–water partition coefficient (Wildman–Crippen LogP) is 2.33. The minimum Gasteiger partial charge on any atom is -0.496 e. The van der Waals surface area contributed by atoms with Crippen LogP contribution in [0.5, 0.6) is 5.75 Å². The summed E-state index contributed by atoms with van der Waals surface area (Å²) >= 11 is 0. The molecule has 0 saturated carbocycles. The molecule has 0 unspecified atom stereocenters. The first kappa shape index (κ1) is 21.5. The lowest BCUT2D eigenvalue weighted by molar-refractivity contribution is -0.128. The third kappa shape index (κ3) is 6.37. The number of para-hydroxylation sites is 1. The number of hydrogen-bond acceptors (Lipinski definition) is 3. The predicted molar refractivity (Wildman–Crippen MR) is 112 cm³/mol. The van der Waals surface area contributed by atoms with E-state index in [9.17, 15) is 4.79 Å². The summed E-state index contributed by atoms with van der Waals surface area (Å²) in [7, 11) is 3.64. The molecule has 2 rings (SSSR count). The average Bonchev–Trinajstić information content (AvgIpc) is 3.13. The van der Waals surface area contributed by atoms with Crippen molar-refractivity contribution in [2.45, 2.75) is 26.3 Å². The summed E-state index contributed by atoms with van der Waals surface area (Å²) in [6, 6.07) is 7.93. The number of likely N-dealkylation sites (tertiary alicyclic amines) is 1. The second-order valence-corrected chi connectivity index (χ2v) is 5.93. The van der Waals surface area contributed by atoms with Crippen LogP contribution in [0.3, 0.4) is 0 Å². The smallest absolute Gasteiger partial charge is 0.244 e. The molecule has 1 amide bonds. The number of rotatable bonds is 6. The highest BCUT2D eigenvalue weighted by Crippen LogP contribution is 2.18. The van der Waals surface area contributed by atoms with Crippen LogP contribution in [0.2, 0.25) is 0 Å². The number of benzene rings is 1. The zero-order valence-corrected chi connectivity index (χ0v) is 17.7. The molecule has 1 aromatic rings. The topological polar surface area (TPSA) is 57.2 Å². The Morgan fingerprint density at radius 3 is 2.64 bits per heavy atom. The van der Waals surface area contributed by atoms with Crippen LogP contribution >= 0.6 is 24.0 Å². The maximum absolute atomic E-state index is 12.2. The number of hydrogen-bond donors (Lipinski definition) is 1. The highest BCUT2D eigenvalue weighted by atomic mass is 127. The van der Waals surface area contributed by atoms with Gasteiger partial charge < -0.3 is 19.9 Å². The number of methoxy groups -OCH3 is 1. The standard InChI is InChI=1S/C18H28N4O2.HI/c1-4-19-18(20-13-17(23)22-11-7-8-12-22)21(2)14-15-9-5-6-10-16(15)24-3;/h5-6,9-10H,4,7-8,11-14H2,1-3H3,(H,19,20);1H. The van der Waals surface area contributed by atoms with Gasteiger partial charge in [0.05, 0.1) is 7.11 Å². The van der Waals surface area contributed by atoms with Crippen molar-refractivity contribution >= 4 is 35.8 Å². The second-order valence-electron chi connectivity index (χ2n) is 5.93. The van der Waals surface area contributed by atoms with Crippen LogP contribution in [0.1, 0.15) is 25.3 Å². The Hall–Kier alpha value is -1.51. The van der Waals surface area contributed by atoms with Gasteiger partial charge in [0, 0.05) is 38.8 Å². The van der Waals surface area contributed by atoms with Gasteiger partial charge in [-0.05, 0) is 25.8 Å². The number of guanidine groups is 1. The Labute approximate surface area is 167 Å². The third-order valence-corrected chi connectivity index (χ3v) is 4.12. The van der Waals surface area contributed by atoms with Gasteiger partial charge in [0.1, 0.15) is 12.3 Å². The van der Waals surface area contributed by atoms with Crippen molar-refractivity contribution in [2.75, 3.05) is 40.3 Å². The van der Waals surface area contributed by atoms with Crippen molar-refractivity contribution in [1.82, 2.24) is 15.1 Å². The van der Waals surface area contributed by atoms with Gasteiger partial charge in [0.25, 0.3) is 0 Å². The first-order chi connectivity index (χ1) is 11.7. The molecule has 0 bridgehead atoms. The monoisotopic (exact) mass is 460 g/mol. The summed E-state index contributed by atoms with van der Waals surface area (Å²) in [5.41, 5.74) is 1.08. The van der Waals surface area contributed by atoms with E-state index in [-0.39, 0.29) is 36.4 Å². The zero-order chi connectivity index (χ0) is 17.4. The van der Waals surface area contributed by atoms with Crippen LogP contribution in [0.4, 0.5) is 0 Å². The molecule has 1 aliphatic heterocycles. The van der Waals surface area contributed by atoms with Gasteiger partial charge in [-0.1, -0.05) is 18.2 Å². The molecule has 1 saturated heterocycles. The lowest BCUT2D eigenvalue weighted by Crippen LogP contribution is -2.39. The Balaban J connectivity index is 0.00000312. The largest absolute Gasteiger partial charge is 0.496 e. The fraction of sp³-hybridized carbons (Fsp3) is 0.556. The molecule has 0 spiro atoms. The van der Waals surface area contributed by atoms with Crippen LogP contribution in [-0.4, -0.2) is 62.0 Å². The summed E-state index contributed by atoms with van der Waals surface area (Å²) in [5.74, 6) is 1.69. The van der Waals surface area contributed by atoms with E-state index in [1.807, 2.05) is 48.0 Å². The molecule has 1 N–H and O–H groups in total. The second kappa shape index (κ2) is 11.2. The Morgan fingerprint density at radius 2 is 2.00 bits per heavy atom. The van der Waals surface area contributed by atoms with Crippen LogP contribution in [0.15, 0.2) is 29.3 Å². The number of nitrogens with zero attached hydrogens (tertiary/aromatic N) is 3. The molecular formula is C18H29IN4O2. The Morgan fingerprint density at radius 1 is 1.32 bits per heavy atom. The van der Waals surface area contributed by atoms with Gasteiger partial charge in [-0.2, -0.15) is 0 Å². The fourth-order valence-electron chi connectivity index (χ4n) is 2.84. The number of halogens is 1. The molecule has 140 valence electrons. The van der Waals surface area contributed by atoms with Crippen molar-refractivity contribution in [3.8, 4) is 5.75 Å². The maximum atomic E-state index is 12.2. The molecule has 0 aliphatic carbocycles. The normalized spacial score (nSPS) is 14.0. The summed E-state index contributed by atoms with van der Waals surface area (Å²) in [6.45, 7) is 5.36. The number of amides is 1. The molecule has 7 heteroatoms. The van der Waals surface area contributed by atoms with Gasteiger partial charge in [-0.15, -0.1) is 24.0 Å².